The largest absolute Gasteiger partial charge is 0.481 e. The van der Waals surface area contributed by atoms with Gasteiger partial charge in [0.1, 0.15) is 0 Å². The molecule has 21 heavy (non-hydrogen) atoms. The molecule has 0 saturated carbocycles. The lowest BCUT2D eigenvalue weighted by atomic mass is 10.1. The van der Waals surface area contributed by atoms with Crippen molar-refractivity contribution in [2.24, 2.45) is 16.1 Å². The van der Waals surface area contributed by atoms with Gasteiger partial charge in [0.25, 0.3) is 0 Å². The van der Waals surface area contributed by atoms with Crippen molar-refractivity contribution in [2.45, 2.75) is 71.9 Å². The second-order valence-electron chi connectivity index (χ2n) is 6.22. The number of nitriles is 2. The molecule has 118 valence electrons. The molecule has 1 N–H and O–H groups in total. The maximum Gasteiger partial charge on any atom is 0.303 e. The van der Waals surface area contributed by atoms with Crippen molar-refractivity contribution in [3.63, 3.8) is 0 Å². The van der Waals surface area contributed by atoms with E-state index in [1.807, 2.05) is 12.1 Å². The SMILES string of the molecule is CC(C)(C#N)N=NC(C)(C)C#N.CC(C)CCCC(=O)O. The van der Waals surface area contributed by atoms with Crippen LogP contribution < -0.4 is 0 Å². The highest BCUT2D eigenvalue weighted by Gasteiger charge is 2.19. The van der Waals surface area contributed by atoms with Gasteiger partial charge in [-0.15, -0.1) is 0 Å². The summed E-state index contributed by atoms with van der Waals surface area (Å²) in [7, 11) is 0. The van der Waals surface area contributed by atoms with E-state index in [0.29, 0.717) is 12.3 Å². The van der Waals surface area contributed by atoms with Crippen LogP contribution in [0.25, 0.3) is 0 Å². The first-order valence-electron chi connectivity index (χ1n) is 6.94. The van der Waals surface area contributed by atoms with Gasteiger partial charge in [0.2, 0.25) is 0 Å². The van der Waals surface area contributed by atoms with Crippen molar-refractivity contribution < 1.29 is 9.90 Å². The minimum atomic E-state index is -0.839. The highest BCUT2D eigenvalue weighted by atomic mass is 16.4. The topological polar surface area (TPSA) is 110 Å². The number of aliphatic carboxylic acids is 1. The highest BCUT2D eigenvalue weighted by molar-refractivity contribution is 5.66. The van der Waals surface area contributed by atoms with E-state index in [4.69, 9.17) is 15.6 Å². The van der Waals surface area contributed by atoms with Crippen LogP contribution in [0.5, 0.6) is 0 Å². The number of nitrogens with zero attached hydrogens (tertiary/aromatic N) is 4. The van der Waals surface area contributed by atoms with Crippen molar-refractivity contribution in [1.82, 2.24) is 0 Å². The van der Waals surface area contributed by atoms with Crippen LogP contribution in [-0.2, 0) is 4.79 Å². The predicted octanol–water partition coefficient (Wildman–Crippen LogP) is 3.94. The molecule has 0 rings (SSSR count). The molecule has 0 heterocycles. The molecule has 0 radical (unpaired) electrons. The van der Waals surface area contributed by atoms with E-state index in [1.165, 1.54) is 0 Å². The summed E-state index contributed by atoms with van der Waals surface area (Å²) in [6, 6.07) is 3.94. The van der Waals surface area contributed by atoms with Crippen molar-refractivity contribution in [3.05, 3.63) is 0 Å². The third kappa shape index (κ3) is 16.0. The Hall–Kier alpha value is -1.95. The fourth-order valence-electron chi connectivity index (χ4n) is 0.956. The van der Waals surface area contributed by atoms with Crippen LogP contribution >= 0.6 is 0 Å². The maximum atomic E-state index is 9.98. The lowest BCUT2D eigenvalue weighted by Gasteiger charge is -2.11. The van der Waals surface area contributed by atoms with E-state index >= 15 is 0 Å². The van der Waals surface area contributed by atoms with Crippen LogP contribution in [0.4, 0.5) is 0 Å². The predicted molar refractivity (Wildman–Crippen MR) is 80.6 cm³/mol. The summed E-state index contributed by atoms with van der Waals surface area (Å²) in [6.07, 6.45) is 2.15. The molecule has 6 heteroatoms. The van der Waals surface area contributed by atoms with E-state index in [2.05, 4.69) is 24.1 Å². The minimum Gasteiger partial charge on any atom is -0.481 e. The number of hydrogen-bond acceptors (Lipinski definition) is 5. The van der Waals surface area contributed by atoms with Crippen LogP contribution in [0.3, 0.4) is 0 Å². The van der Waals surface area contributed by atoms with E-state index < -0.39 is 17.0 Å². The van der Waals surface area contributed by atoms with Crippen molar-refractivity contribution in [1.29, 1.82) is 10.5 Å². The molecular formula is C15H26N4O2. The fraction of sp³-hybridized carbons (Fsp3) is 0.800. The third-order valence-electron chi connectivity index (χ3n) is 2.27. The summed E-state index contributed by atoms with van der Waals surface area (Å²) in [4.78, 5) is 9.98. The minimum absolute atomic E-state index is 0.318. The maximum absolute atomic E-state index is 9.98. The molecule has 0 fully saturated rings. The van der Waals surface area contributed by atoms with Gasteiger partial charge in [-0.3, -0.25) is 4.79 Å². The average Bonchev–Trinajstić information content (AvgIpc) is 2.37. The Balaban J connectivity index is 0. The van der Waals surface area contributed by atoms with Crippen molar-refractivity contribution in [2.75, 3.05) is 0 Å². The number of azo groups is 1. The standard InChI is InChI=1S/C8H12N4.C7H14O2/c1-7(2,5-9)11-12-8(3,4)6-10;1-6(2)4-3-5-7(8)9/h1-4H3;6H,3-5H2,1-2H3,(H,8,9). The smallest absolute Gasteiger partial charge is 0.303 e. The van der Waals surface area contributed by atoms with Crippen molar-refractivity contribution >= 4 is 5.97 Å². The van der Waals surface area contributed by atoms with Gasteiger partial charge >= 0.3 is 5.97 Å². The molecule has 0 bridgehead atoms. The summed E-state index contributed by atoms with van der Waals surface area (Å²) in [6.45, 7) is 10.8. The summed E-state index contributed by atoms with van der Waals surface area (Å²) >= 11 is 0. The van der Waals surface area contributed by atoms with Gasteiger partial charge in [0, 0.05) is 6.42 Å². The fourth-order valence-corrected chi connectivity index (χ4v) is 0.956. The molecule has 6 nitrogen and oxygen atoms in total. The first-order valence-corrected chi connectivity index (χ1v) is 6.94. The number of hydrogen-bond donors (Lipinski definition) is 1. The quantitative estimate of drug-likeness (QED) is 0.748. The molecule has 0 aliphatic rings. The molecule has 0 aliphatic heterocycles. The Morgan fingerprint density at radius 1 is 1.10 bits per heavy atom. The van der Waals surface area contributed by atoms with E-state index in [-0.39, 0.29) is 0 Å². The third-order valence-corrected chi connectivity index (χ3v) is 2.27. The van der Waals surface area contributed by atoms with Gasteiger partial charge in [0.05, 0.1) is 12.1 Å². The van der Waals surface area contributed by atoms with Gasteiger partial charge in [0.15, 0.2) is 11.1 Å². The molecule has 0 aromatic rings. The second kappa shape index (κ2) is 9.88. The Bertz CT molecular complexity index is 398. The van der Waals surface area contributed by atoms with Crippen LogP contribution in [0.1, 0.15) is 60.8 Å². The Labute approximate surface area is 127 Å². The van der Waals surface area contributed by atoms with Gasteiger partial charge in [-0.2, -0.15) is 20.8 Å². The molecule has 0 aliphatic carbocycles. The molecule has 0 spiro atoms. The van der Waals surface area contributed by atoms with Gasteiger partial charge < -0.3 is 5.11 Å². The zero-order valence-electron chi connectivity index (χ0n) is 13.8. The van der Waals surface area contributed by atoms with E-state index in [9.17, 15) is 4.79 Å². The monoisotopic (exact) mass is 294 g/mol. The normalized spacial score (nSPS) is 11.5. The molecule has 0 atom stereocenters. The first kappa shape index (κ1) is 21.4. The lowest BCUT2D eigenvalue weighted by molar-refractivity contribution is -0.137. The Kier molecular flexibility index (Phi) is 10.0. The number of carboxylic acid groups (broad SMARTS) is 1. The highest BCUT2D eigenvalue weighted by Crippen LogP contribution is 2.13. The van der Waals surface area contributed by atoms with Crippen molar-refractivity contribution in [3.8, 4) is 12.1 Å². The first-order chi connectivity index (χ1) is 9.45. The van der Waals surface area contributed by atoms with E-state index in [1.54, 1.807) is 27.7 Å². The zero-order chi connectivity index (χ0) is 17.1. The molecular weight excluding hydrogens is 268 g/mol. The van der Waals surface area contributed by atoms with Gasteiger partial charge in [-0.1, -0.05) is 20.3 Å². The lowest BCUT2D eigenvalue weighted by Crippen LogP contribution is -2.17. The molecule has 0 saturated heterocycles. The number of carboxylic acids is 1. The molecule has 0 amide bonds. The molecule has 0 aromatic heterocycles. The van der Waals surface area contributed by atoms with Crippen LogP contribution in [0.2, 0.25) is 0 Å². The Morgan fingerprint density at radius 2 is 1.48 bits per heavy atom. The summed E-state index contributed by atoms with van der Waals surface area (Å²) in [5.41, 5.74) is -1.68. The zero-order valence-corrected chi connectivity index (χ0v) is 13.8. The summed E-state index contributed by atoms with van der Waals surface area (Å²) in [5, 5.41) is 32.9. The average molecular weight is 294 g/mol. The van der Waals surface area contributed by atoms with E-state index in [0.717, 1.165) is 12.8 Å². The number of rotatable bonds is 6. The summed E-state index contributed by atoms with van der Waals surface area (Å²) < 4.78 is 0. The molecule has 0 aromatic carbocycles. The second-order valence-corrected chi connectivity index (χ2v) is 6.22. The Morgan fingerprint density at radius 3 is 1.71 bits per heavy atom. The molecule has 0 unspecified atom stereocenters. The van der Waals surface area contributed by atoms with Crippen LogP contribution in [0.15, 0.2) is 10.2 Å². The van der Waals surface area contributed by atoms with Gasteiger partial charge in [-0.25, -0.2) is 0 Å². The summed E-state index contributed by atoms with van der Waals surface area (Å²) in [5.74, 6) is -0.0556. The number of carbonyl (C=O) groups is 1. The van der Waals surface area contributed by atoms with Gasteiger partial charge in [-0.05, 0) is 40.0 Å². The van der Waals surface area contributed by atoms with Crippen LogP contribution in [-0.4, -0.2) is 22.2 Å². The van der Waals surface area contributed by atoms with Crippen LogP contribution in [0, 0.1) is 28.6 Å².